The lowest BCUT2D eigenvalue weighted by molar-refractivity contribution is -0.870. The Morgan fingerprint density at radius 2 is 1.51 bits per heavy atom. The number of hydrogen-bond donors (Lipinski definition) is 3. The standard InChI is InChI=1S/C51H93N2O9P/c1-10-11-12-13-14-15-16-17-18-19-20-21-33-52-49(56)62-46(37-60-63(57,58)59-35-34-53(7,8)9)47(48(54)55)61-41-29-31-50(5)40(36-41)25-26-42-44-28-27-43(39(4)24-22-23-38(2)3)51(44,6)32-30-45(42)50/h25,38-39,41-47H,10-24,26-37H2,1-9H3,(H2-,52,54,55,56,57,58)/p+1/t39-,41?,42?,43-,44?,45?,46+,47?,50+,51-/m1/s1. The molecular weight excluding hydrogens is 816 g/mol. The molecule has 0 heterocycles. The van der Waals surface area contributed by atoms with Gasteiger partial charge < -0.3 is 29.3 Å². The minimum absolute atomic E-state index is 0.0445. The van der Waals surface area contributed by atoms with Gasteiger partial charge in [-0.15, -0.1) is 0 Å². The second-order valence-corrected chi connectivity index (χ2v) is 23.9. The van der Waals surface area contributed by atoms with Crippen molar-refractivity contribution in [2.75, 3.05) is 47.4 Å². The molecule has 11 nitrogen and oxygen atoms in total. The number of carboxylic acids is 1. The molecule has 3 fully saturated rings. The molecule has 1 amide bonds. The van der Waals surface area contributed by atoms with Crippen molar-refractivity contribution >= 4 is 19.9 Å². The summed E-state index contributed by atoms with van der Waals surface area (Å²) in [5, 5.41) is 13.3. The molecule has 6 unspecified atom stereocenters. The van der Waals surface area contributed by atoms with Gasteiger partial charge in [0.1, 0.15) is 13.2 Å². The fourth-order valence-corrected chi connectivity index (χ4v) is 13.2. The highest BCUT2D eigenvalue weighted by molar-refractivity contribution is 7.47. The summed E-state index contributed by atoms with van der Waals surface area (Å²) in [5.74, 6) is 3.05. The Bertz CT molecular complexity index is 1470. The number of nitrogens with one attached hydrogen (secondary N) is 1. The molecule has 4 rings (SSSR count). The lowest BCUT2D eigenvalue weighted by Gasteiger charge is -2.58. The minimum atomic E-state index is -4.59. The van der Waals surface area contributed by atoms with E-state index in [1.54, 1.807) is 0 Å². The first-order valence-electron chi connectivity index (χ1n) is 25.7. The molecule has 3 saturated carbocycles. The van der Waals surface area contributed by atoms with Crippen LogP contribution in [0, 0.1) is 46.3 Å². The number of carboxylic acid groups (broad SMARTS) is 1. The summed E-state index contributed by atoms with van der Waals surface area (Å²) in [6, 6.07) is 0. The molecule has 0 spiro atoms. The Kier molecular flexibility index (Phi) is 22.0. The van der Waals surface area contributed by atoms with Gasteiger partial charge in [-0.3, -0.25) is 9.05 Å². The molecule has 366 valence electrons. The molecule has 11 atom stereocenters. The summed E-state index contributed by atoms with van der Waals surface area (Å²) >= 11 is 0. The molecule has 4 aliphatic carbocycles. The third-order valence-electron chi connectivity index (χ3n) is 16.2. The van der Waals surface area contributed by atoms with E-state index in [0.717, 1.165) is 55.8 Å². The molecule has 3 N–H and O–H groups in total. The predicted octanol–water partition coefficient (Wildman–Crippen LogP) is 12.5. The van der Waals surface area contributed by atoms with Gasteiger partial charge in [0.15, 0.2) is 12.2 Å². The lowest BCUT2D eigenvalue weighted by atomic mass is 9.47. The summed E-state index contributed by atoms with van der Waals surface area (Å²) in [5.41, 5.74) is 1.81. The minimum Gasteiger partial charge on any atom is -0.479 e. The Morgan fingerprint density at radius 3 is 2.13 bits per heavy atom. The van der Waals surface area contributed by atoms with Gasteiger partial charge in [-0.2, -0.15) is 0 Å². The van der Waals surface area contributed by atoms with Crippen molar-refractivity contribution in [3.8, 4) is 0 Å². The van der Waals surface area contributed by atoms with E-state index in [1.165, 1.54) is 108 Å². The zero-order chi connectivity index (χ0) is 46.3. The van der Waals surface area contributed by atoms with Gasteiger partial charge in [0.05, 0.1) is 33.9 Å². The van der Waals surface area contributed by atoms with Gasteiger partial charge in [-0.25, -0.2) is 14.2 Å². The Labute approximate surface area is 384 Å². The quantitative estimate of drug-likeness (QED) is 0.0278. The fourth-order valence-electron chi connectivity index (χ4n) is 12.4. The van der Waals surface area contributed by atoms with Crippen LogP contribution < -0.4 is 5.32 Å². The van der Waals surface area contributed by atoms with E-state index >= 15 is 0 Å². The van der Waals surface area contributed by atoms with Crippen LogP contribution >= 0.6 is 7.82 Å². The molecule has 0 radical (unpaired) electrons. The molecule has 4 aliphatic rings. The van der Waals surface area contributed by atoms with Crippen LogP contribution in [-0.2, 0) is 27.9 Å². The van der Waals surface area contributed by atoms with E-state index in [9.17, 15) is 24.2 Å². The van der Waals surface area contributed by atoms with E-state index in [2.05, 4.69) is 52.9 Å². The molecule has 12 heteroatoms. The number of hydrogen-bond acceptors (Lipinski definition) is 7. The van der Waals surface area contributed by atoms with Gasteiger partial charge in [0.2, 0.25) is 0 Å². The number of quaternary nitrogens is 1. The van der Waals surface area contributed by atoms with Crippen LogP contribution in [-0.4, -0.2) is 92.3 Å². The number of allylic oxidation sites excluding steroid dienone is 1. The predicted molar refractivity (Wildman–Crippen MR) is 253 cm³/mol. The molecule has 0 saturated heterocycles. The SMILES string of the molecule is CCCCCCCCCCCCCCNC(=O)O[C@@H](COP(=O)(O)OCC[N+](C)(C)C)C(OC1CC[C@@]2(C)C(=CCC3C2CC[C@@]2(C)C3CC[C@@H]2[C@H](C)CCCC(C)C)C1)C(=O)O. The second-order valence-electron chi connectivity index (χ2n) is 22.4. The summed E-state index contributed by atoms with van der Waals surface area (Å²) in [4.78, 5) is 36.7. The van der Waals surface area contributed by atoms with Gasteiger partial charge in [-0.1, -0.05) is 143 Å². The van der Waals surface area contributed by atoms with E-state index in [1.807, 2.05) is 21.1 Å². The highest BCUT2D eigenvalue weighted by Gasteiger charge is 2.59. The highest BCUT2D eigenvalue weighted by Crippen LogP contribution is 2.67. The monoisotopic (exact) mass is 910 g/mol. The van der Waals surface area contributed by atoms with Gasteiger partial charge in [-0.05, 0) is 104 Å². The van der Waals surface area contributed by atoms with Crippen molar-refractivity contribution in [3.05, 3.63) is 11.6 Å². The number of nitrogens with zero attached hydrogens (tertiary/aromatic N) is 1. The van der Waals surface area contributed by atoms with E-state index in [0.29, 0.717) is 47.7 Å². The van der Waals surface area contributed by atoms with Crippen LogP contribution in [0.5, 0.6) is 0 Å². The van der Waals surface area contributed by atoms with Gasteiger partial charge >= 0.3 is 19.9 Å². The van der Waals surface area contributed by atoms with Crippen LogP contribution in [0.2, 0.25) is 0 Å². The number of phosphoric acid groups is 1. The van der Waals surface area contributed by atoms with Crippen molar-refractivity contribution in [1.29, 1.82) is 0 Å². The molecule has 0 aromatic carbocycles. The molecular formula is C51H94N2O9P+. The Morgan fingerprint density at radius 1 is 0.857 bits per heavy atom. The number of phosphoric ester groups is 1. The number of amides is 1. The van der Waals surface area contributed by atoms with Crippen LogP contribution in [0.3, 0.4) is 0 Å². The lowest BCUT2D eigenvalue weighted by Crippen LogP contribution is -2.52. The first kappa shape index (κ1) is 54.1. The zero-order valence-electron chi connectivity index (χ0n) is 41.5. The third kappa shape index (κ3) is 16.7. The van der Waals surface area contributed by atoms with Crippen LogP contribution in [0.25, 0.3) is 0 Å². The molecule has 0 aromatic heterocycles. The van der Waals surface area contributed by atoms with E-state index in [4.69, 9.17) is 18.5 Å². The molecule has 0 aliphatic heterocycles. The maximum Gasteiger partial charge on any atom is 0.472 e. The number of rotatable bonds is 30. The summed E-state index contributed by atoms with van der Waals surface area (Å²) < 4.78 is 36.1. The third-order valence-corrected chi connectivity index (χ3v) is 17.1. The smallest absolute Gasteiger partial charge is 0.472 e. The van der Waals surface area contributed by atoms with Crippen molar-refractivity contribution in [2.24, 2.45) is 46.3 Å². The Balaban J connectivity index is 1.35. The van der Waals surface area contributed by atoms with Crippen LogP contribution in [0.4, 0.5) is 4.79 Å². The van der Waals surface area contributed by atoms with Gasteiger partial charge in [0.25, 0.3) is 0 Å². The highest BCUT2D eigenvalue weighted by atomic mass is 31.2. The van der Waals surface area contributed by atoms with Crippen molar-refractivity contribution < 1.29 is 47.2 Å². The fraction of sp³-hybridized carbons (Fsp3) is 0.922. The Hall–Kier alpha value is -1.49. The van der Waals surface area contributed by atoms with Crippen molar-refractivity contribution in [1.82, 2.24) is 5.32 Å². The zero-order valence-corrected chi connectivity index (χ0v) is 42.4. The largest absolute Gasteiger partial charge is 0.479 e. The van der Waals surface area contributed by atoms with E-state index in [-0.39, 0.29) is 12.0 Å². The molecule has 0 aromatic rings. The number of carbonyl (C=O) groups is 2. The van der Waals surface area contributed by atoms with Crippen LogP contribution in [0.1, 0.15) is 189 Å². The average molecular weight is 910 g/mol. The van der Waals surface area contributed by atoms with Gasteiger partial charge in [0, 0.05) is 6.54 Å². The number of ether oxygens (including phenoxy) is 2. The van der Waals surface area contributed by atoms with Crippen LogP contribution in [0.15, 0.2) is 11.6 Å². The van der Waals surface area contributed by atoms with Crippen molar-refractivity contribution in [2.45, 2.75) is 208 Å². The topological polar surface area (TPSA) is 141 Å². The number of fused-ring (bicyclic) bond motifs is 5. The van der Waals surface area contributed by atoms with E-state index < -0.39 is 44.8 Å². The summed E-state index contributed by atoms with van der Waals surface area (Å²) in [6.45, 7) is 14.6. The molecule has 0 bridgehead atoms. The first-order chi connectivity index (χ1) is 29.8. The normalized spacial score (nSPS) is 29.4. The maximum atomic E-state index is 13.2. The summed E-state index contributed by atoms with van der Waals surface area (Å²) in [7, 11) is 1.21. The number of alkyl carbamates (subject to hydrolysis) is 1. The maximum absolute atomic E-state index is 13.2. The van der Waals surface area contributed by atoms with Crippen molar-refractivity contribution in [3.63, 3.8) is 0 Å². The number of carbonyl (C=O) groups excluding carboxylic acids is 1. The number of likely N-dealkylation sites (N-methyl/N-ethyl adjacent to an activating group) is 1. The summed E-state index contributed by atoms with van der Waals surface area (Å²) in [6.07, 6.45) is 25.1. The average Bonchev–Trinajstić information content (AvgIpc) is 3.57. The first-order valence-corrected chi connectivity index (χ1v) is 27.2. The second kappa shape index (κ2) is 25.6. The number of aliphatic carboxylic acids is 1. The molecule has 63 heavy (non-hydrogen) atoms. The number of unbranched alkanes of at least 4 members (excludes halogenated alkanes) is 11.